The summed E-state index contributed by atoms with van der Waals surface area (Å²) in [6.07, 6.45) is 1.71. The van der Waals surface area contributed by atoms with Crippen molar-refractivity contribution in [1.29, 1.82) is 0 Å². The molecule has 2 aromatic rings. The van der Waals surface area contributed by atoms with Crippen LogP contribution in [-0.4, -0.2) is 41.7 Å². The second-order valence-electron chi connectivity index (χ2n) is 6.22. The van der Waals surface area contributed by atoms with Crippen LogP contribution < -0.4 is 5.32 Å². The van der Waals surface area contributed by atoms with Crippen LogP contribution in [0.3, 0.4) is 0 Å². The van der Waals surface area contributed by atoms with Crippen LogP contribution in [0.15, 0.2) is 28.8 Å². The van der Waals surface area contributed by atoms with E-state index in [-0.39, 0.29) is 11.9 Å². The van der Waals surface area contributed by atoms with Crippen molar-refractivity contribution in [1.82, 2.24) is 20.4 Å². The first-order valence-electron chi connectivity index (χ1n) is 7.71. The number of halogens is 1. The number of benzene rings is 1. The third-order valence-corrected chi connectivity index (χ3v) is 4.80. The molecule has 116 valence electrons. The van der Waals surface area contributed by atoms with Crippen molar-refractivity contribution in [2.75, 3.05) is 26.7 Å². The quantitative estimate of drug-likeness (QED) is 0.938. The lowest BCUT2D eigenvalue weighted by Gasteiger charge is -2.30. The van der Waals surface area contributed by atoms with Crippen LogP contribution in [0.25, 0.3) is 0 Å². The van der Waals surface area contributed by atoms with E-state index in [0.29, 0.717) is 17.3 Å². The van der Waals surface area contributed by atoms with Gasteiger partial charge in [0.15, 0.2) is 5.82 Å². The topological polar surface area (TPSA) is 54.2 Å². The van der Waals surface area contributed by atoms with Gasteiger partial charge in [-0.15, -0.1) is 0 Å². The van der Waals surface area contributed by atoms with Gasteiger partial charge in [0.1, 0.15) is 5.82 Å². The first-order chi connectivity index (χ1) is 10.7. The molecule has 2 fully saturated rings. The molecule has 0 spiro atoms. The Morgan fingerprint density at radius 1 is 1.36 bits per heavy atom. The molecule has 1 aromatic heterocycles. The number of likely N-dealkylation sites (N-methyl/N-ethyl adjacent to an activating group) is 1. The molecule has 1 atom stereocenters. The molecule has 1 saturated heterocycles. The minimum atomic E-state index is -0.419. The lowest BCUT2D eigenvalue weighted by Crippen LogP contribution is -2.44. The maximum Gasteiger partial charge on any atom is 0.237 e. The van der Waals surface area contributed by atoms with Crippen molar-refractivity contribution in [3.63, 3.8) is 0 Å². The van der Waals surface area contributed by atoms with E-state index in [0.717, 1.165) is 32.5 Å². The van der Waals surface area contributed by atoms with Crippen molar-refractivity contribution in [3.8, 4) is 0 Å². The molecular formula is C16H19FN4O. The Morgan fingerprint density at radius 3 is 2.91 bits per heavy atom. The SMILES string of the molecule is CN1CCNCC1c1noc(C2(c3ccccc3F)CC2)n1. The zero-order chi connectivity index (χ0) is 15.2. The minimum Gasteiger partial charge on any atom is -0.338 e. The summed E-state index contributed by atoms with van der Waals surface area (Å²) in [4.78, 5) is 6.83. The van der Waals surface area contributed by atoms with Gasteiger partial charge in [0.05, 0.1) is 11.5 Å². The van der Waals surface area contributed by atoms with Gasteiger partial charge >= 0.3 is 0 Å². The zero-order valence-electron chi connectivity index (χ0n) is 12.6. The fraction of sp³-hybridized carbons (Fsp3) is 0.500. The van der Waals surface area contributed by atoms with Gasteiger partial charge in [0, 0.05) is 25.2 Å². The number of aromatic nitrogens is 2. The second-order valence-corrected chi connectivity index (χ2v) is 6.22. The molecule has 1 aliphatic heterocycles. The molecule has 2 heterocycles. The molecule has 0 amide bonds. The summed E-state index contributed by atoms with van der Waals surface area (Å²) in [7, 11) is 2.06. The summed E-state index contributed by atoms with van der Waals surface area (Å²) in [5.41, 5.74) is 0.248. The van der Waals surface area contributed by atoms with Crippen LogP contribution in [0.5, 0.6) is 0 Å². The smallest absolute Gasteiger partial charge is 0.237 e. The zero-order valence-corrected chi connectivity index (χ0v) is 12.6. The van der Waals surface area contributed by atoms with Crippen molar-refractivity contribution < 1.29 is 8.91 Å². The monoisotopic (exact) mass is 302 g/mol. The molecule has 5 nitrogen and oxygen atoms in total. The molecule has 6 heteroatoms. The van der Waals surface area contributed by atoms with Crippen molar-refractivity contribution >= 4 is 0 Å². The summed E-state index contributed by atoms with van der Waals surface area (Å²) in [6.45, 7) is 2.73. The lowest BCUT2D eigenvalue weighted by atomic mass is 9.95. The van der Waals surface area contributed by atoms with E-state index in [1.165, 1.54) is 6.07 Å². The Morgan fingerprint density at radius 2 is 2.18 bits per heavy atom. The third kappa shape index (κ3) is 2.14. The minimum absolute atomic E-state index is 0.114. The predicted octanol–water partition coefficient (Wildman–Crippen LogP) is 1.86. The highest BCUT2D eigenvalue weighted by molar-refractivity contribution is 5.39. The van der Waals surface area contributed by atoms with E-state index in [1.807, 2.05) is 12.1 Å². The molecule has 1 unspecified atom stereocenters. The van der Waals surface area contributed by atoms with Crippen molar-refractivity contribution in [2.45, 2.75) is 24.3 Å². The summed E-state index contributed by atoms with van der Waals surface area (Å²) in [6, 6.07) is 6.99. The summed E-state index contributed by atoms with van der Waals surface area (Å²) < 4.78 is 19.6. The Bertz CT molecular complexity index is 682. The molecule has 0 bridgehead atoms. The van der Waals surface area contributed by atoms with Gasteiger partial charge in [-0.25, -0.2) is 4.39 Å². The highest BCUT2D eigenvalue weighted by atomic mass is 19.1. The maximum absolute atomic E-state index is 14.1. The number of rotatable bonds is 3. The number of hydrogen-bond acceptors (Lipinski definition) is 5. The normalized spacial score (nSPS) is 24.4. The van der Waals surface area contributed by atoms with E-state index >= 15 is 0 Å². The van der Waals surface area contributed by atoms with Crippen molar-refractivity contribution in [2.24, 2.45) is 0 Å². The van der Waals surface area contributed by atoms with Crippen molar-refractivity contribution in [3.05, 3.63) is 47.4 Å². The Kier molecular flexibility index (Phi) is 3.23. The second kappa shape index (κ2) is 5.14. The Labute approximate surface area is 128 Å². The maximum atomic E-state index is 14.1. The molecule has 1 aromatic carbocycles. The summed E-state index contributed by atoms with van der Waals surface area (Å²) >= 11 is 0. The van der Waals surface area contributed by atoms with Gasteiger partial charge in [0.25, 0.3) is 0 Å². The first kappa shape index (κ1) is 13.8. The van der Waals surface area contributed by atoms with E-state index < -0.39 is 5.41 Å². The van der Waals surface area contributed by atoms with Crippen LogP contribution in [0.1, 0.15) is 36.2 Å². The number of piperazine rings is 1. The Hall–Kier alpha value is -1.79. The molecule has 1 saturated carbocycles. The first-order valence-corrected chi connectivity index (χ1v) is 7.71. The molecule has 0 radical (unpaired) electrons. The summed E-state index contributed by atoms with van der Waals surface area (Å²) in [5.74, 6) is 1.04. The van der Waals surface area contributed by atoms with Crippen LogP contribution in [0.2, 0.25) is 0 Å². The molecule has 4 rings (SSSR count). The standard InChI is InChI=1S/C16H19FN4O/c1-21-9-8-18-10-13(21)14-19-15(22-20-14)16(6-7-16)11-4-2-3-5-12(11)17/h2-5,13,18H,6-10H2,1H3. The van der Waals surface area contributed by atoms with Gasteiger partial charge < -0.3 is 9.84 Å². The highest BCUT2D eigenvalue weighted by Crippen LogP contribution is 2.53. The molecule has 1 aliphatic carbocycles. The van der Waals surface area contributed by atoms with E-state index in [2.05, 4.69) is 27.4 Å². The van der Waals surface area contributed by atoms with Gasteiger partial charge in [-0.1, -0.05) is 23.4 Å². The van der Waals surface area contributed by atoms with Gasteiger partial charge in [-0.05, 0) is 26.0 Å². The van der Waals surface area contributed by atoms with E-state index in [4.69, 9.17) is 4.52 Å². The molecule has 22 heavy (non-hydrogen) atoms. The van der Waals surface area contributed by atoms with Gasteiger partial charge in [-0.2, -0.15) is 4.98 Å². The molecule has 1 N–H and O–H groups in total. The van der Waals surface area contributed by atoms with E-state index in [9.17, 15) is 4.39 Å². The number of nitrogens with zero attached hydrogens (tertiary/aromatic N) is 3. The largest absolute Gasteiger partial charge is 0.338 e. The lowest BCUT2D eigenvalue weighted by molar-refractivity contribution is 0.190. The van der Waals surface area contributed by atoms with Gasteiger partial charge in [0.2, 0.25) is 5.89 Å². The number of nitrogens with one attached hydrogen (secondary N) is 1. The van der Waals surface area contributed by atoms with E-state index in [1.54, 1.807) is 6.07 Å². The van der Waals surface area contributed by atoms with Crippen LogP contribution in [0, 0.1) is 5.82 Å². The van der Waals surface area contributed by atoms with Crippen LogP contribution in [-0.2, 0) is 5.41 Å². The summed E-state index contributed by atoms with van der Waals surface area (Å²) in [5, 5.41) is 7.51. The van der Waals surface area contributed by atoms with Crippen LogP contribution >= 0.6 is 0 Å². The van der Waals surface area contributed by atoms with Gasteiger partial charge in [-0.3, -0.25) is 4.90 Å². The van der Waals surface area contributed by atoms with Crippen LogP contribution in [0.4, 0.5) is 4.39 Å². The fourth-order valence-electron chi connectivity index (χ4n) is 3.23. The highest BCUT2D eigenvalue weighted by Gasteiger charge is 2.52. The average molecular weight is 302 g/mol. The fourth-order valence-corrected chi connectivity index (χ4v) is 3.23. The predicted molar refractivity (Wildman–Crippen MR) is 79.0 cm³/mol. The number of hydrogen-bond donors (Lipinski definition) is 1. The molecular weight excluding hydrogens is 283 g/mol. The average Bonchev–Trinajstić information content (AvgIpc) is 3.18. The Balaban J connectivity index is 1.66. The molecule has 2 aliphatic rings. The third-order valence-electron chi connectivity index (χ3n) is 4.80.